The summed E-state index contributed by atoms with van der Waals surface area (Å²) < 4.78 is 26.2. The van der Waals surface area contributed by atoms with E-state index in [4.69, 9.17) is 5.26 Å². The van der Waals surface area contributed by atoms with Crippen LogP contribution in [-0.2, 0) is 0 Å². The Balaban J connectivity index is 2.65. The molecule has 0 fully saturated rings. The highest BCUT2D eigenvalue weighted by Crippen LogP contribution is 2.20. The largest absolute Gasteiger partial charge is 0.233 e. The van der Waals surface area contributed by atoms with Gasteiger partial charge in [0.05, 0.1) is 0 Å². The molecule has 0 spiro atoms. The molecular formula is C13H9F2N3. The molecule has 18 heavy (non-hydrogen) atoms. The lowest BCUT2D eigenvalue weighted by molar-refractivity contribution is 0.584. The van der Waals surface area contributed by atoms with Crippen LogP contribution in [-0.4, -0.2) is 9.97 Å². The smallest absolute Gasteiger partial charge is 0.161 e. The van der Waals surface area contributed by atoms with E-state index in [-0.39, 0.29) is 17.1 Å². The molecule has 0 bridgehead atoms. The van der Waals surface area contributed by atoms with Gasteiger partial charge in [0.15, 0.2) is 5.82 Å². The summed E-state index contributed by atoms with van der Waals surface area (Å²) >= 11 is 0. The quantitative estimate of drug-likeness (QED) is 0.776. The number of nitriles is 1. The number of benzene rings is 1. The van der Waals surface area contributed by atoms with Crippen molar-refractivity contribution in [2.24, 2.45) is 0 Å². The zero-order chi connectivity index (χ0) is 13.3. The van der Waals surface area contributed by atoms with Crippen molar-refractivity contribution in [3.63, 3.8) is 0 Å². The van der Waals surface area contributed by atoms with Crippen molar-refractivity contribution in [3.8, 4) is 17.5 Å². The maximum Gasteiger partial charge on any atom is 0.161 e. The molecule has 0 aliphatic carbocycles. The fraction of sp³-hybridized carbons (Fsp3) is 0.154. The van der Waals surface area contributed by atoms with Crippen LogP contribution in [0.4, 0.5) is 8.78 Å². The standard InChI is InChI=1S/C13H9F2N3/c1-7-8(2)17-13(18-12(7)6-16)9-3-10(14)5-11(15)4-9/h3-5H,1-2H3. The summed E-state index contributed by atoms with van der Waals surface area (Å²) in [5, 5.41) is 8.93. The monoisotopic (exact) mass is 245 g/mol. The summed E-state index contributed by atoms with van der Waals surface area (Å²) in [7, 11) is 0. The van der Waals surface area contributed by atoms with Gasteiger partial charge in [-0.25, -0.2) is 18.7 Å². The highest BCUT2D eigenvalue weighted by atomic mass is 19.1. The second-order valence-corrected chi connectivity index (χ2v) is 3.88. The fourth-order valence-corrected chi connectivity index (χ4v) is 1.55. The summed E-state index contributed by atoms with van der Waals surface area (Å²) in [4.78, 5) is 8.14. The minimum atomic E-state index is -0.703. The van der Waals surface area contributed by atoms with E-state index in [2.05, 4.69) is 9.97 Å². The first-order valence-electron chi connectivity index (χ1n) is 5.23. The molecule has 0 amide bonds. The van der Waals surface area contributed by atoms with Crippen LogP contribution in [0.1, 0.15) is 17.0 Å². The zero-order valence-electron chi connectivity index (χ0n) is 9.83. The molecule has 1 heterocycles. The zero-order valence-corrected chi connectivity index (χ0v) is 9.83. The highest BCUT2D eigenvalue weighted by Gasteiger charge is 2.11. The highest BCUT2D eigenvalue weighted by molar-refractivity contribution is 5.56. The molecule has 0 radical (unpaired) electrons. The van der Waals surface area contributed by atoms with E-state index in [1.165, 1.54) is 0 Å². The lowest BCUT2D eigenvalue weighted by Gasteiger charge is -2.06. The van der Waals surface area contributed by atoms with Crippen molar-refractivity contribution in [1.82, 2.24) is 9.97 Å². The number of aromatic nitrogens is 2. The molecule has 3 nitrogen and oxygen atoms in total. The molecular weight excluding hydrogens is 236 g/mol. The SMILES string of the molecule is Cc1nc(-c2cc(F)cc(F)c2)nc(C#N)c1C. The van der Waals surface area contributed by atoms with Crippen LogP contribution < -0.4 is 0 Å². The van der Waals surface area contributed by atoms with Crippen molar-refractivity contribution in [2.45, 2.75) is 13.8 Å². The van der Waals surface area contributed by atoms with Crippen LogP contribution in [0, 0.1) is 36.8 Å². The molecule has 2 aromatic rings. The van der Waals surface area contributed by atoms with Gasteiger partial charge in [-0.05, 0) is 26.0 Å². The van der Waals surface area contributed by atoms with Crippen LogP contribution >= 0.6 is 0 Å². The lowest BCUT2D eigenvalue weighted by Crippen LogP contribution is -2.00. The molecule has 0 atom stereocenters. The van der Waals surface area contributed by atoms with Gasteiger partial charge < -0.3 is 0 Å². The van der Waals surface area contributed by atoms with E-state index in [0.717, 1.165) is 18.2 Å². The van der Waals surface area contributed by atoms with Crippen LogP contribution in [0.2, 0.25) is 0 Å². The van der Waals surface area contributed by atoms with Crippen molar-refractivity contribution in [1.29, 1.82) is 5.26 Å². The molecule has 1 aromatic carbocycles. The van der Waals surface area contributed by atoms with Gasteiger partial charge >= 0.3 is 0 Å². The summed E-state index contributed by atoms with van der Waals surface area (Å²) in [6, 6.07) is 4.98. The Morgan fingerprint density at radius 2 is 1.67 bits per heavy atom. The second kappa shape index (κ2) is 4.49. The molecule has 0 aliphatic heterocycles. The van der Waals surface area contributed by atoms with Gasteiger partial charge in [-0.15, -0.1) is 0 Å². The van der Waals surface area contributed by atoms with Crippen molar-refractivity contribution in [3.05, 3.63) is 46.8 Å². The summed E-state index contributed by atoms with van der Waals surface area (Å²) in [6.07, 6.45) is 0. The molecule has 0 aliphatic rings. The first kappa shape index (κ1) is 12.1. The van der Waals surface area contributed by atoms with Gasteiger partial charge in [0, 0.05) is 22.9 Å². The topological polar surface area (TPSA) is 49.6 Å². The third-order valence-corrected chi connectivity index (χ3v) is 2.62. The van der Waals surface area contributed by atoms with E-state index < -0.39 is 11.6 Å². The van der Waals surface area contributed by atoms with Gasteiger partial charge in [-0.2, -0.15) is 5.26 Å². The maximum atomic E-state index is 13.1. The van der Waals surface area contributed by atoms with Gasteiger partial charge in [-0.1, -0.05) is 0 Å². The van der Waals surface area contributed by atoms with E-state index in [9.17, 15) is 8.78 Å². The number of nitrogens with zero attached hydrogens (tertiary/aromatic N) is 3. The third-order valence-electron chi connectivity index (χ3n) is 2.62. The number of rotatable bonds is 1. The molecule has 0 N–H and O–H groups in total. The Hall–Kier alpha value is -2.35. The predicted molar refractivity (Wildman–Crippen MR) is 61.6 cm³/mol. The number of hydrogen-bond acceptors (Lipinski definition) is 3. The van der Waals surface area contributed by atoms with Crippen LogP contribution in [0.15, 0.2) is 18.2 Å². The van der Waals surface area contributed by atoms with Gasteiger partial charge in [0.25, 0.3) is 0 Å². The number of hydrogen-bond donors (Lipinski definition) is 0. The van der Waals surface area contributed by atoms with Gasteiger partial charge in [-0.3, -0.25) is 0 Å². The van der Waals surface area contributed by atoms with Crippen LogP contribution in [0.3, 0.4) is 0 Å². The molecule has 0 unspecified atom stereocenters. The van der Waals surface area contributed by atoms with Crippen LogP contribution in [0.25, 0.3) is 11.4 Å². The van der Waals surface area contributed by atoms with E-state index >= 15 is 0 Å². The van der Waals surface area contributed by atoms with Crippen molar-refractivity contribution >= 4 is 0 Å². The molecule has 90 valence electrons. The van der Waals surface area contributed by atoms with E-state index in [1.54, 1.807) is 13.8 Å². The average molecular weight is 245 g/mol. The Bertz CT molecular complexity index is 640. The third kappa shape index (κ3) is 2.18. The molecule has 2 rings (SSSR count). The fourth-order valence-electron chi connectivity index (χ4n) is 1.55. The number of aryl methyl sites for hydroxylation is 1. The van der Waals surface area contributed by atoms with Gasteiger partial charge in [0.1, 0.15) is 23.4 Å². The minimum Gasteiger partial charge on any atom is -0.233 e. The average Bonchev–Trinajstić information content (AvgIpc) is 2.31. The molecule has 0 saturated heterocycles. The molecule has 5 heteroatoms. The van der Waals surface area contributed by atoms with E-state index in [0.29, 0.717) is 11.3 Å². The van der Waals surface area contributed by atoms with Crippen LogP contribution in [0.5, 0.6) is 0 Å². The molecule has 1 aromatic heterocycles. The lowest BCUT2D eigenvalue weighted by atomic mass is 10.1. The maximum absolute atomic E-state index is 13.1. The normalized spacial score (nSPS) is 10.2. The molecule has 0 saturated carbocycles. The number of halogens is 2. The predicted octanol–water partition coefficient (Wildman–Crippen LogP) is 2.91. The van der Waals surface area contributed by atoms with Crippen molar-refractivity contribution < 1.29 is 8.78 Å². The van der Waals surface area contributed by atoms with Crippen molar-refractivity contribution in [2.75, 3.05) is 0 Å². The summed E-state index contributed by atoms with van der Waals surface area (Å²) in [5.74, 6) is -1.26. The van der Waals surface area contributed by atoms with E-state index in [1.807, 2.05) is 6.07 Å². The summed E-state index contributed by atoms with van der Waals surface area (Å²) in [6.45, 7) is 3.45. The second-order valence-electron chi connectivity index (χ2n) is 3.88. The Kier molecular flexibility index (Phi) is 3.02. The first-order chi connectivity index (χ1) is 8.51. The van der Waals surface area contributed by atoms with Gasteiger partial charge in [0.2, 0.25) is 0 Å². The Morgan fingerprint density at radius 1 is 1.06 bits per heavy atom. The minimum absolute atomic E-state index is 0.146. The first-order valence-corrected chi connectivity index (χ1v) is 5.23. The summed E-state index contributed by atoms with van der Waals surface area (Å²) in [5.41, 5.74) is 1.70. The Labute approximate surface area is 103 Å². The Morgan fingerprint density at radius 3 is 2.22 bits per heavy atom.